The van der Waals surface area contributed by atoms with E-state index in [4.69, 9.17) is 4.74 Å². The molecule has 0 N–H and O–H groups in total. The highest BCUT2D eigenvalue weighted by Gasteiger charge is 2.23. The van der Waals surface area contributed by atoms with Gasteiger partial charge in [0.05, 0.1) is 21.7 Å². The van der Waals surface area contributed by atoms with Crippen molar-refractivity contribution in [3.63, 3.8) is 0 Å². The van der Waals surface area contributed by atoms with Crippen LogP contribution >= 0.6 is 11.3 Å². The number of carbonyl (C=O) groups is 1. The Bertz CT molecular complexity index is 1290. The summed E-state index contributed by atoms with van der Waals surface area (Å²) in [6.07, 6.45) is 1.43. The maximum atomic E-state index is 14.5. The molecule has 3 rings (SSSR count). The molecule has 0 atom stereocenters. The van der Waals surface area contributed by atoms with Gasteiger partial charge in [-0.2, -0.15) is 9.30 Å². The summed E-state index contributed by atoms with van der Waals surface area (Å²) in [5, 5.41) is 0. The quantitative estimate of drug-likeness (QED) is 0.360. The summed E-state index contributed by atoms with van der Waals surface area (Å²) < 4.78 is 49.6. The topological polar surface area (TPSA) is 81.0 Å². The first-order valence-corrected chi connectivity index (χ1v) is 13.6. The Morgan fingerprint density at radius 1 is 1.09 bits per heavy atom. The fraction of sp³-hybridized carbons (Fsp3) is 0.417. The number of amides is 1. The third kappa shape index (κ3) is 5.80. The van der Waals surface area contributed by atoms with Crippen LogP contribution in [0.5, 0.6) is 0 Å². The molecule has 10 heteroatoms. The van der Waals surface area contributed by atoms with E-state index in [9.17, 15) is 17.6 Å². The highest BCUT2D eigenvalue weighted by molar-refractivity contribution is 7.89. The van der Waals surface area contributed by atoms with Crippen LogP contribution in [0.15, 0.2) is 52.4 Å². The van der Waals surface area contributed by atoms with E-state index in [0.29, 0.717) is 60.7 Å². The Hall–Kier alpha value is -2.40. The van der Waals surface area contributed by atoms with E-state index in [1.54, 1.807) is 16.7 Å². The molecule has 1 amide bonds. The minimum Gasteiger partial charge on any atom is -0.380 e. The zero-order valence-electron chi connectivity index (χ0n) is 19.7. The summed E-state index contributed by atoms with van der Waals surface area (Å²) in [5.74, 6) is -0.919. The van der Waals surface area contributed by atoms with Crippen LogP contribution in [0, 0.1) is 5.82 Å². The molecule has 184 valence electrons. The maximum absolute atomic E-state index is 14.5. The van der Waals surface area contributed by atoms with Crippen LogP contribution in [0.3, 0.4) is 0 Å². The normalized spacial score (nSPS) is 12.7. The van der Waals surface area contributed by atoms with Crippen LogP contribution in [0.1, 0.15) is 44.0 Å². The molecule has 0 bridgehead atoms. The first kappa shape index (κ1) is 26.2. The minimum absolute atomic E-state index is 0.140. The fourth-order valence-corrected chi connectivity index (χ4v) is 6.29. The van der Waals surface area contributed by atoms with Crippen molar-refractivity contribution in [3.05, 3.63) is 58.6 Å². The number of benzene rings is 2. The molecule has 1 aromatic heterocycles. The van der Waals surface area contributed by atoms with Crippen molar-refractivity contribution in [2.24, 2.45) is 4.99 Å². The van der Waals surface area contributed by atoms with Gasteiger partial charge in [0.2, 0.25) is 10.0 Å². The Kier molecular flexibility index (Phi) is 9.12. The van der Waals surface area contributed by atoms with Crippen LogP contribution in [-0.4, -0.2) is 49.5 Å². The van der Waals surface area contributed by atoms with Crippen LogP contribution in [-0.2, 0) is 21.3 Å². The van der Waals surface area contributed by atoms with Crippen molar-refractivity contribution in [2.75, 3.05) is 26.3 Å². The number of ether oxygens (including phenoxy) is 1. The first-order chi connectivity index (χ1) is 16.3. The number of sulfonamides is 1. The minimum atomic E-state index is -3.63. The second-order valence-corrected chi connectivity index (χ2v) is 10.6. The number of para-hydroxylation sites is 1. The molecule has 0 spiro atoms. The van der Waals surface area contributed by atoms with Crippen LogP contribution in [0.2, 0.25) is 0 Å². The number of carbonyl (C=O) groups excluding carboxylic acids is 1. The lowest BCUT2D eigenvalue weighted by Crippen LogP contribution is -2.32. The second-order valence-electron chi connectivity index (χ2n) is 7.67. The summed E-state index contributed by atoms with van der Waals surface area (Å²) in [5.41, 5.74) is 0.637. The number of hydrogen-bond donors (Lipinski definition) is 0. The lowest BCUT2D eigenvalue weighted by molar-refractivity contribution is 0.0996. The van der Waals surface area contributed by atoms with Gasteiger partial charge in [0.25, 0.3) is 5.91 Å². The zero-order valence-corrected chi connectivity index (χ0v) is 21.3. The highest BCUT2D eigenvalue weighted by Crippen LogP contribution is 2.21. The van der Waals surface area contributed by atoms with Gasteiger partial charge in [-0.3, -0.25) is 4.79 Å². The lowest BCUT2D eigenvalue weighted by Gasteiger charge is -2.21. The number of thiazole rings is 1. The van der Waals surface area contributed by atoms with Crippen molar-refractivity contribution in [2.45, 2.75) is 45.1 Å². The average molecular weight is 508 g/mol. The molecular formula is C24H30FN3O4S2. The Morgan fingerprint density at radius 2 is 1.76 bits per heavy atom. The van der Waals surface area contributed by atoms with Crippen molar-refractivity contribution < 1.29 is 22.3 Å². The largest absolute Gasteiger partial charge is 0.380 e. The summed E-state index contributed by atoms with van der Waals surface area (Å²) in [4.78, 5) is 17.6. The molecule has 0 aliphatic heterocycles. The van der Waals surface area contributed by atoms with Crippen LogP contribution in [0.4, 0.5) is 4.39 Å². The van der Waals surface area contributed by atoms with Gasteiger partial charge < -0.3 is 9.30 Å². The van der Waals surface area contributed by atoms with E-state index in [2.05, 4.69) is 4.99 Å². The Balaban J connectivity index is 1.94. The molecule has 0 aliphatic carbocycles. The summed E-state index contributed by atoms with van der Waals surface area (Å²) in [6.45, 7) is 7.86. The van der Waals surface area contributed by atoms with Crippen LogP contribution in [0.25, 0.3) is 10.2 Å². The smallest absolute Gasteiger partial charge is 0.279 e. The molecule has 1 heterocycles. The molecule has 0 unspecified atom stereocenters. The van der Waals surface area contributed by atoms with Crippen molar-refractivity contribution in [1.29, 1.82) is 0 Å². The Morgan fingerprint density at radius 3 is 2.38 bits per heavy atom. The monoisotopic (exact) mass is 507 g/mol. The van der Waals surface area contributed by atoms with Crippen molar-refractivity contribution in [3.8, 4) is 0 Å². The molecule has 34 heavy (non-hydrogen) atoms. The highest BCUT2D eigenvalue weighted by atomic mass is 32.2. The van der Waals surface area contributed by atoms with Gasteiger partial charge >= 0.3 is 0 Å². The second kappa shape index (κ2) is 11.8. The molecule has 0 saturated carbocycles. The predicted octanol–water partition coefficient (Wildman–Crippen LogP) is 4.43. The number of rotatable bonds is 11. The molecule has 0 radical (unpaired) electrons. The van der Waals surface area contributed by atoms with E-state index in [1.165, 1.54) is 46.0 Å². The number of fused-ring (bicyclic) bond motifs is 1. The number of halogens is 1. The lowest BCUT2D eigenvalue weighted by atomic mass is 10.2. The van der Waals surface area contributed by atoms with E-state index < -0.39 is 21.7 Å². The van der Waals surface area contributed by atoms with Crippen molar-refractivity contribution >= 4 is 37.5 Å². The number of hydrogen-bond acceptors (Lipinski definition) is 5. The summed E-state index contributed by atoms with van der Waals surface area (Å²) >= 11 is 1.22. The molecule has 2 aromatic carbocycles. The van der Waals surface area contributed by atoms with Gasteiger partial charge in [-0.05, 0) is 56.2 Å². The number of aromatic nitrogens is 1. The van der Waals surface area contributed by atoms with Gasteiger partial charge in [0.15, 0.2) is 4.80 Å². The molecule has 3 aromatic rings. The Labute approximate surface area is 203 Å². The first-order valence-electron chi connectivity index (χ1n) is 11.4. The van der Waals surface area contributed by atoms with E-state index in [0.717, 1.165) is 0 Å². The van der Waals surface area contributed by atoms with Gasteiger partial charge in [-0.15, -0.1) is 0 Å². The third-order valence-electron chi connectivity index (χ3n) is 5.20. The maximum Gasteiger partial charge on any atom is 0.279 e. The van der Waals surface area contributed by atoms with Gasteiger partial charge in [0, 0.05) is 31.8 Å². The average Bonchev–Trinajstić information content (AvgIpc) is 3.17. The number of nitrogens with zero attached hydrogens (tertiary/aromatic N) is 3. The van der Waals surface area contributed by atoms with Crippen LogP contribution < -0.4 is 4.80 Å². The SMILES string of the molecule is CCCN(CCC)S(=O)(=O)c1ccc(C(=O)N=c2sc3cccc(F)c3n2CCOCC)cc1. The molecule has 0 aliphatic rings. The summed E-state index contributed by atoms with van der Waals surface area (Å²) in [7, 11) is -3.63. The molecule has 7 nitrogen and oxygen atoms in total. The van der Waals surface area contributed by atoms with Gasteiger partial charge in [0.1, 0.15) is 5.82 Å². The standard InChI is InChI=1S/C24H30FN3O4S2/c1-4-14-27(15-5-2)34(30,31)19-12-10-18(11-13-19)23(29)26-24-28(16-17-32-6-3)22-20(25)8-7-9-21(22)33-24/h7-13H,4-6,14-17H2,1-3H3. The fourth-order valence-electron chi connectivity index (χ4n) is 3.60. The zero-order chi connectivity index (χ0) is 24.7. The van der Waals surface area contributed by atoms with Crippen molar-refractivity contribution in [1.82, 2.24) is 8.87 Å². The summed E-state index contributed by atoms with van der Waals surface area (Å²) in [6, 6.07) is 10.6. The van der Waals surface area contributed by atoms with E-state index in [1.807, 2.05) is 20.8 Å². The molecule has 0 saturated heterocycles. The van der Waals surface area contributed by atoms with Gasteiger partial charge in [-0.25, -0.2) is 12.8 Å². The predicted molar refractivity (Wildman–Crippen MR) is 132 cm³/mol. The van der Waals surface area contributed by atoms with E-state index in [-0.39, 0.29) is 10.5 Å². The molecule has 0 fully saturated rings. The van der Waals surface area contributed by atoms with E-state index >= 15 is 0 Å². The molecular weight excluding hydrogens is 477 g/mol. The third-order valence-corrected chi connectivity index (χ3v) is 8.15. The van der Waals surface area contributed by atoms with Gasteiger partial charge in [-0.1, -0.05) is 31.3 Å².